The van der Waals surface area contributed by atoms with Crippen LogP contribution in [0, 0.1) is 6.92 Å². The second-order valence-electron chi connectivity index (χ2n) is 8.96. The van der Waals surface area contributed by atoms with Crippen LogP contribution in [-0.4, -0.2) is 34.6 Å². The molecule has 1 amide bonds. The molecule has 8 heteroatoms. The first-order valence-corrected chi connectivity index (χ1v) is 13.4. The van der Waals surface area contributed by atoms with Crippen LogP contribution in [0.2, 0.25) is 0 Å². The summed E-state index contributed by atoms with van der Waals surface area (Å²) in [6.45, 7) is 1.88. The van der Waals surface area contributed by atoms with Crippen molar-refractivity contribution in [2.45, 2.75) is 49.5 Å². The summed E-state index contributed by atoms with van der Waals surface area (Å²) in [5.74, 6) is 1.26. The van der Waals surface area contributed by atoms with Crippen LogP contribution in [0.5, 0.6) is 17.2 Å². The van der Waals surface area contributed by atoms with Gasteiger partial charge < -0.3 is 19.0 Å². The SMILES string of the molecule is COc1ccc([C@H]2CCCC[C@H]2NC(=O)c2cccc(OS(=O)(=O)c3ccc(C)cc3)c2)cc1OC. The zero-order chi connectivity index (χ0) is 25.7. The molecule has 0 unspecified atom stereocenters. The van der Waals surface area contributed by atoms with E-state index in [0.717, 1.165) is 36.8 Å². The molecule has 4 rings (SSSR count). The molecule has 0 bridgehead atoms. The average Bonchev–Trinajstić information content (AvgIpc) is 2.88. The lowest BCUT2D eigenvalue weighted by molar-refractivity contribution is 0.0920. The Bertz CT molecular complexity index is 1320. The number of methoxy groups -OCH3 is 2. The van der Waals surface area contributed by atoms with E-state index in [-0.39, 0.29) is 28.5 Å². The molecule has 3 aromatic carbocycles. The van der Waals surface area contributed by atoms with Crippen molar-refractivity contribution in [3.63, 3.8) is 0 Å². The van der Waals surface area contributed by atoms with E-state index in [0.29, 0.717) is 17.1 Å². The minimum absolute atomic E-state index is 0.0583. The van der Waals surface area contributed by atoms with Gasteiger partial charge in [0.25, 0.3) is 5.91 Å². The molecule has 0 heterocycles. The van der Waals surface area contributed by atoms with Gasteiger partial charge in [0.2, 0.25) is 0 Å². The Morgan fingerprint density at radius 1 is 0.889 bits per heavy atom. The van der Waals surface area contributed by atoms with E-state index in [4.69, 9.17) is 13.7 Å². The van der Waals surface area contributed by atoms with Crippen LogP contribution in [-0.2, 0) is 10.1 Å². The Balaban J connectivity index is 1.50. The van der Waals surface area contributed by atoms with Crippen LogP contribution in [0.3, 0.4) is 0 Å². The smallest absolute Gasteiger partial charge is 0.339 e. The van der Waals surface area contributed by atoms with E-state index in [1.165, 1.54) is 24.3 Å². The van der Waals surface area contributed by atoms with Crippen molar-refractivity contribution in [2.75, 3.05) is 14.2 Å². The van der Waals surface area contributed by atoms with Gasteiger partial charge in [-0.1, -0.05) is 42.7 Å². The van der Waals surface area contributed by atoms with Crippen molar-refractivity contribution in [3.8, 4) is 17.2 Å². The van der Waals surface area contributed by atoms with Crippen molar-refractivity contribution >= 4 is 16.0 Å². The first-order valence-electron chi connectivity index (χ1n) is 11.9. The fraction of sp³-hybridized carbons (Fsp3) is 0.321. The first-order chi connectivity index (χ1) is 17.3. The molecule has 190 valence electrons. The van der Waals surface area contributed by atoms with Gasteiger partial charge in [0.1, 0.15) is 10.6 Å². The van der Waals surface area contributed by atoms with Gasteiger partial charge in [0.05, 0.1) is 14.2 Å². The number of benzene rings is 3. The van der Waals surface area contributed by atoms with Crippen LogP contribution >= 0.6 is 0 Å². The third kappa shape index (κ3) is 5.82. The van der Waals surface area contributed by atoms with Gasteiger partial charge in [-0.3, -0.25) is 4.79 Å². The highest BCUT2D eigenvalue weighted by Gasteiger charge is 2.29. The highest BCUT2D eigenvalue weighted by atomic mass is 32.2. The Hall–Kier alpha value is -3.52. The number of amides is 1. The Morgan fingerprint density at radius 2 is 1.61 bits per heavy atom. The lowest BCUT2D eigenvalue weighted by Crippen LogP contribution is -2.41. The average molecular weight is 510 g/mol. The molecular weight excluding hydrogens is 478 g/mol. The summed E-state index contributed by atoms with van der Waals surface area (Å²) < 4.78 is 41.5. The Labute approximate surface area is 212 Å². The summed E-state index contributed by atoms with van der Waals surface area (Å²) in [7, 11) is -0.802. The van der Waals surface area contributed by atoms with E-state index < -0.39 is 10.1 Å². The van der Waals surface area contributed by atoms with Crippen molar-refractivity contribution in [1.82, 2.24) is 5.32 Å². The van der Waals surface area contributed by atoms with E-state index >= 15 is 0 Å². The molecular formula is C28H31NO6S. The molecule has 3 aromatic rings. The van der Waals surface area contributed by atoms with Crippen LogP contribution in [0.25, 0.3) is 0 Å². The van der Waals surface area contributed by atoms with Gasteiger partial charge >= 0.3 is 10.1 Å². The predicted octanol–water partition coefficient (Wildman–Crippen LogP) is 5.24. The van der Waals surface area contributed by atoms with Crippen molar-refractivity contribution in [2.24, 2.45) is 0 Å². The number of rotatable bonds is 8. The van der Waals surface area contributed by atoms with Crippen molar-refractivity contribution in [3.05, 3.63) is 83.4 Å². The number of nitrogens with one attached hydrogen (secondary N) is 1. The highest BCUT2D eigenvalue weighted by molar-refractivity contribution is 7.87. The standard InChI is InChI=1S/C28H31NO6S/c1-19-11-14-23(15-12-19)36(31,32)35-22-8-6-7-21(17-22)28(30)29-25-10-5-4-9-24(25)20-13-16-26(33-2)27(18-20)34-3/h6-8,11-18,24-25H,4-5,9-10H2,1-3H3,(H,29,30)/t24-,25-/m1/s1. The molecule has 7 nitrogen and oxygen atoms in total. The van der Waals surface area contributed by atoms with Gasteiger partial charge in [-0.15, -0.1) is 0 Å². The minimum atomic E-state index is -4.01. The maximum Gasteiger partial charge on any atom is 0.339 e. The normalized spacial score (nSPS) is 17.8. The largest absolute Gasteiger partial charge is 0.493 e. The van der Waals surface area contributed by atoms with Gasteiger partial charge in [-0.2, -0.15) is 8.42 Å². The Kier molecular flexibility index (Phi) is 7.84. The second kappa shape index (κ2) is 11.0. The van der Waals surface area contributed by atoms with E-state index in [1.54, 1.807) is 38.5 Å². The molecule has 1 aliphatic rings. The van der Waals surface area contributed by atoms with E-state index in [1.807, 2.05) is 25.1 Å². The van der Waals surface area contributed by atoms with E-state index in [2.05, 4.69) is 5.32 Å². The first kappa shape index (κ1) is 25.6. The number of carbonyl (C=O) groups is 1. The predicted molar refractivity (Wildman–Crippen MR) is 137 cm³/mol. The molecule has 1 N–H and O–H groups in total. The fourth-order valence-electron chi connectivity index (χ4n) is 4.61. The summed E-state index contributed by atoms with van der Waals surface area (Å²) in [4.78, 5) is 13.2. The molecule has 0 aliphatic heterocycles. The maximum atomic E-state index is 13.2. The fourth-order valence-corrected chi connectivity index (χ4v) is 5.53. The lowest BCUT2D eigenvalue weighted by atomic mass is 9.79. The lowest BCUT2D eigenvalue weighted by Gasteiger charge is -2.33. The van der Waals surface area contributed by atoms with Crippen LogP contribution in [0.4, 0.5) is 0 Å². The summed E-state index contributed by atoms with van der Waals surface area (Å²) in [6, 6.07) is 18.5. The van der Waals surface area contributed by atoms with Gasteiger partial charge in [-0.25, -0.2) is 0 Å². The van der Waals surface area contributed by atoms with Gasteiger partial charge in [0, 0.05) is 17.5 Å². The third-order valence-electron chi connectivity index (χ3n) is 6.53. The molecule has 0 radical (unpaired) electrons. The number of hydrogen-bond acceptors (Lipinski definition) is 6. The van der Waals surface area contributed by atoms with Crippen molar-refractivity contribution < 1.29 is 26.9 Å². The molecule has 1 fully saturated rings. The zero-order valence-corrected chi connectivity index (χ0v) is 21.5. The Morgan fingerprint density at radius 3 is 2.33 bits per heavy atom. The summed E-state index contributed by atoms with van der Waals surface area (Å²) >= 11 is 0. The maximum absolute atomic E-state index is 13.2. The number of hydrogen-bond donors (Lipinski definition) is 1. The second-order valence-corrected chi connectivity index (χ2v) is 10.5. The van der Waals surface area contributed by atoms with Crippen molar-refractivity contribution in [1.29, 1.82) is 0 Å². The summed E-state index contributed by atoms with van der Waals surface area (Å²) in [6.07, 6.45) is 3.89. The topological polar surface area (TPSA) is 90.9 Å². The minimum Gasteiger partial charge on any atom is -0.493 e. The van der Waals surface area contributed by atoms with Crippen LogP contribution in [0.1, 0.15) is 53.1 Å². The number of ether oxygens (including phenoxy) is 2. The third-order valence-corrected chi connectivity index (χ3v) is 7.79. The molecule has 2 atom stereocenters. The zero-order valence-electron chi connectivity index (χ0n) is 20.7. The molecule has 1 aliphatic carbocycles. The molecule has 0 saturated heterocycles. The van der Waals surface area contributed by atoms with E-state index in [9.17, 15) is 13.2 Å². The summed E-state index contributed by atoms with van der Waals surface area (Å²) in [5, 5.41) is 3.16. The monoisotopic (exact) mass is 509 g/mol. The molecule has 0 spiro atoms. The van der Waals surface area contributed by atoms with Crippen LogP contribution < -0.4 is 19.0 Å². The summed E-state index contributed by atoms with van der Waals surface area (Å²) in [5.41, 5.74) is 2.36. The molecule has 1 saturated carbocycles. The number of carbonyl (C=O) groups excluding carboxylic acids is 1. The van der Waals surface area contributed by atoms with Crippen LogP contribution in [0.15, 0.2) is 71.6 Å². The number of aryl methyl sites for hydroxylation is 1. The quantitative estimate of drug-likeness (QED) is 0.418. The molecule has 0 aromatic heterocycles. The van der Waals surface area contributed by atoms with Gasteiger partial charge in [-0.05, 0) is 67.8 Å². The highest BCUT2D eigenvalue weighted by Crippen LogP contribution is 2.37. The molecule has 36 heavy (non-hydrogen) atoms. The van der Waals surface area contributed by atoms with Gasteiger partial charge in [0.15, 0.2) is 11.5 Å².